The molecule has 2 heterocycles. The molecule has 7 heteroatoms. The van der Waals surface area contributed by atoms with Crippen LogP contribution in [-0.2, 0) is 11.3 Å². The first-order valence-corrected chi connectivity index (χ1v) is 7.47. The molecule has 0 saturated carbocycles. The molecule has 0 radical (unpaired) electrons. The summed E-state index contributed by atoms with van der Waals surface area (Å²) in [5.74, 6) is 2.02. The van der Waals surface area contributed by atoms with Gasteiger partial charge < -0.3 is 20.7 Å². The lowest BCUT2D eigenvalue weighted by Gasteiger charge is -2.29. The highest BCUT2D eigenvalue weighted by atomic mass is 127. The first kappa shape index (κ1) is 19.0. The van der Waals surface area contributed by atoms with Gasteiger partial charge in [-0.05, 0) is 12.0 Å². The molecular formula is C15H26IN5O. The first-order chi connectivity index (χ1) is 10.2. The van der Waals surface area contributed by atoms with Crippen LogP contribution in [0, 0.1) is 5.92 Å². The third kappa shape index (κ3) is 5.96. The minimum atomic E-state index is 0. The van der Waals surface area contributed by atoms with Crippen LogP contribution in [-0.4, -0.2) is 43.8 Å². The zero-order valence-electron chi connectivity index (χ0n) is 13.3. The maximum Gasteiger partial charge on any atom is 0.188 e. The van der Waals surface area contributed by atoms with E-state index >= 15 is 0 Å². The van der Waals surface area contributed by atoms with Gasteiger partial charge in [0.15, 0.2) is 5.96 Å². The Balaban J connectivity index is 0.00000242. The van der Waals surface area contributed by atoms with Crippen molar-refractivity contribution in [3.63, 3.8) is 0 Å². The summed E-state index contributed by atoms with van der Waals surface area (Å²) in [5.41, 5.74) is 6.97. The molecule has 2 rings (SSSR count). The highest BCUT2D eigenvalue weighted by Crippen LogP contribution is 2.19. The summed E-state index contributed by atoms with van der Waals surface area (Å²) in [6.45, 7) is 8.88. The number of nitrogens with two attached hydrogens (primary N) is 1. The van der Waals surface area contributed by atoms with Gasteiger partial charge in [0, 0.05) is 31.4 Å². The van der Waals surface area contributed by atoms with Crippen LogP contribution in [0.1, 0.15) is 19.4 Å². The van der Waals surface area contributed by atoms with Gasteiger partial charge in [0.2, 0.25) is 0 Å². The molecule has 1 aromatic rings. The number of rotatable bonds is 5. The first-order valence-electron chi connectivity index (χ1n) is 7.47. The van der Waals surface area contributed by atoms with Crippen molar-refractivity contribution < 1.29 is 4.74 Å². The van der Waals surface area contributed by atoms with E-state index in [1.807, 2.05) is 12.3 Å². The summed E-state index contributed by atoms with van der Waals surface area (Å²) in [6, 6.07) is 3.99. The van der Waals surface area contributed by atoms with Gasteiger partial charge in [0.05, 0.1) is 19.8 Å². The topological polar surface area (TPSA) is 75.8 Å². The van der Waals surface area contributed by atoms with Crippen LogP contribution in [0.3, 0.4) is 0 Å². The van der Waals surface area contributed by atoms with Crippen LogP contribution in [0.4, 0.5) is 5.82 Å². The molecule has 1 saturated heterocycles. The molecule has 1 aromatic heterocycles. The summed E-state index contributed by atoms with van der Waals surface area (Å²) in [4.78, 5) is 11.1. The molecule has 3 N–H and O–H groups in total. The summed E-state index contributed by atoms with van der Waals surface area (Å²) in [5, 5.41) is 3.13. The SMILES string of the molecule is CC(C)CNC(N)=NCc1cccnc1N1CCOCC1.I. The lowest BCUT2D eigenvalue weighted by molar-refractivity contribution is 0.122. The van der Waals surface area contributed by atoms with Crippen LogP contribution >= 0.6 is 24.0 Å². The maximum absolute atomic E-state index is 5.88. The number of halogens is 1. The summed E-state index contributed by atoms with van der Waals surface area (Å²) in [7, 11) is 0. The summed E-state index contributed by atoms with van der Waals surface area (Å²) < 4.78 is 5.39. The summed E-state index contributed by atoms with van der Waals surface area (Å²) in [6.07, 6.45) is 1.82. The minimum absolute atomic E-state index is 0. The van der Waals surface area contributed by atoms with Crippen LogP contribution in [0.5, 0.6) is 0 Å². The molecule has 6 nitrogen and oxygen atoms in total. The number of nitrogens with zero attached hydrogens (tertiary/aromatic N) is 3. The average Bonchev–Trinajstić information content (AvgIpc) is 2.52. The molecule has 124 valence electrons. The van der Waals surface area contributed by atoms with E-state index in [9.17, 15) is 0 Å². The number of pyridine rings is 1. The molecule has 0 unspecified atom stereocenters. The van der Waals surface area contributed by atoms with Gasteiger partial charge in [-0.3, -0.25) is 0 Å². The van der Waals surface area contributed by atoms with E-state index in [1.54, 1.807) is 0 Å². The molecule has 0 aliphatic carbocycles. The normalized spacial score (nSPS) is 15.6. The van der Waals surface area contributed by atoms with E-state index in [2.05, 4.69) is 40.1 Å². The van der Waals surface area contributed by atoms with Crippen molar-refractivity contribution in [1.29, 1.82) is 0 Å². The monoisotopic (exact) mass is 419 g/mol. The Morgan fingerprint density at radius 3 is 2.86 bits per heavy atom. The number of morpholine rings is 1. The van der Waals surface area contributed by atoms with E-state index in [1.165, 1.54) is 0 Å². The van der Waals surface area contributed by atoms with Gasteiger partial charge in [0.1, 0.15) is 5.82 Å². The van der Waals surface area contributed by atoms with Crippen molar-refractivity contribution in [2.24, 2.45) is 16.6 Å². The smallest absolute Gasteiger partial charge is 0.188 e. The Bertz CT molecular complexity index is 475. The molecule has 1 aliphatic heterocycles. The second kappa shape index (κ2) is 9.83. The predicted molar refractivity (Wildman–Crippen MR) is 101 cm³/mol. The fourth-order valence-corrected chi connectivity index (χ4v) is 2.15. The van der Waals surface area contributed by atoms with E-state index in [4.69, 9.17) is 10.5 Å². The number of guanidine groups is 1. The summed E-state index contributed by atoms with van der Waals surface area (Å²) >= 11 is 0. The Labute approximate surface area is 149 Å². The van der Waals surface area contributed by atoms with Crippen LogP contribution in [0.25, 0.3) is 0 Å². The van der Waals surface area contributed by atoms with Gasteiger partial charge in [-0.1, -0.05) is 19.9 Å². The molecule has 0 atom stereocenters. The Hall–Kier alpha value is -1.09. The predicted octanol–water partition coefficient (Wildman–Crippen LogP) is 1.60. The average molecular weight is 419 g/mol. The molecule has 0 amide bonds. The maximum atomic E-state index is 5.88. The third-order valence-corrected chi connectivity index (χ3v) is 3.29. The fraction of sp³-hybridized carbons (Fsp3) is 0.600. The molecular weight excluding hydrogens is 393 g/mol. The quantitative estimate of drug-likeness (QED) is 0.431. The molecule has 1 fully saturated rings. The lowest BCUT2D eigenvalue weighted by atomic mass is 10.2. The van der Waals surface area contributed by atoms with Gasteiger partial charge in [-0.2, -0.15) is 0 Å². The van der Waals surface area contributed by atoms with Crippen LogP contribution in [0.15, 0.2) is 23.3 Å². The number of hydrogen-bond donors (Lipinski definition) is 2. The van der Waals surface area contributed by atoms with Gasteiger partial charge in [-0.25, -0.2) is 9.98 Å². The Morgan fingerprint density at radius 2 is 2.18 bits per heavy atom. The van der Waals surface area contributed by atoms with E-state index in [0.717, 1.165) is 44.2 Å². The number of anilines is 1. The number of nitrogens with one attached hydrogen (secondary N) is 1. The standard InChI is InChI=1S/C15H25N5O.HI/c1-12(2)10-18-15(16)19-11-13-4-3-5-17-14(13)20-6-8-21-9-7-20;/h3-5,12H,6-11H2,1-2H3,(H3,16,18,19);1H. The van der Waals surface area contributed by atoms with Crippen molar-refractivity contribution in [2.75, 3.05) is 37.7 Å². The number of aliphatic imine (C=N–C) groups is 1. The number of hydrogen-bond acceptors (Lipinski definition) is 4. The Morgan fingerprint density at radius 1 is 1.45 bits per heavy atom. The fourth-order valence-electron chi connectivity index (χ4n) is 2.15. The molecule has 0 aromatic carbocycles. The van der Waals surface area contributed by atoms with Crippen molar-refractivity contribution in [3.8, 4) is 0 Å². The molecule has 0 bridgehead atoms. The molecule has 1 aliphatic rings. The molecule has 22 heavy (non-hydrogen) atoms. The second-order valence-electron chi connectivity index (χ2n) is 5.56. The van der Waals surface area contributed by atoms with E-state index in [0.29, 0.717) is 18.4 Å². The third-order valence-electron chi connectivity index (χ3n) is 3.29. The van der Waals surface area contributed by atoms with Gasteiger partial charge in [0.25, 0.3) is 0 Å². The van der Waals surface area contributed by atoms with Crippen molar-refractivity contribution in [3.05, 3.63) is 23.9 Å². The number of ether oxygens (including phenoxy) is 1. The van der Waals surface area contributed by atoms with Gasteiger partial charge in [-0.15, -0.1) is 24.0 Å². The van der Waals surface area contributed by atoms with E-state index in [-0.39, 0.29) is 24.0 Å². The largest absolute Gasteiger partial charge is 0.378 e. The van der Waals surface area contributed by atoms with Crippen molar-refractivity contribution >= 4 is 35.8 Å². The zero-order chi connectivity index (χ0) is 15.1. The minimum Gasteiger partial charge on any atom is -0.378 e. The zero-order valence-corrected chi connectivity index (χ0v) is 15.6. The van der Waals surface area contributed by atoms with Crippen molar-refractivity contribution in [2.45, 2.75) is 20.4 Å². The van der Waals surface area contributed by atoms with Crippen LogP contribution < -0.4 is 16.0 Å². The van der Waals surface area contributed by atoms with Crippen LogP contribution in [0.2, 0.25) is 0 Å². The van der Waals surface area contributed by atoms with E-state index < -0.39 is 0 Å². The van der Waals surface area contributed by atoms with Crippen molar-refractivity contribution in [1.82, 2.24) is 10.3 Å². The molecule has 0 spiro atoms. The Kier molecular flexibility index (Phi) is 8.47. The highest BCUT2D eigenvalue weighted by molar-refractivity contribution is 14.0. The van der Waals surface area contributed by atoms with Gasteiger partial charge >= 0.3 is 0 Å². The highest BCUT2D eigenvalue weighted by Gasteiger charge is 2.15. The second-order valence-corrected chi connectivity index (χ2v) is 5.56. The lowest BCUT2D eigenvalue weighted by Crippen LogP contribution is -2.37. The number of aromatic nitrogens is 1.